The molecule has 0 saturated carbocycles. The molecule has 1 aliphatic heterocycles. The minimum absolute atomic E-state index is 0.272. The van der Waals surface area contributed by atoms with Gasteiger partial charge in [-0.25, -0.2) is 0 Å². The molecule has 2 N–H and O–H groups in total. The van der Waals surface area contributed by atoms with Gasteiger partial charge in [0.2, 0.25) is 0 Å². The molecule has 0 aliphatic carbocycles. The van der Waals surface area contributed by atoms with E-state index in [9.17, 15) is 4.79 Å². The summed E-state index contributed by atoms with van der Waals surface area (Å²) in [6.45, 7) is 2.88. The molecule has 1 aromatic rings. The van der Waals surface area contributed by atoms with Crippen LogP contribution in [-0.2, 0) is 20.9 Å². The van der Waals surface area contributed by atoms with Gasteiger partial charge in [-0.15, -0.1) is 11.3 Å². The van der Waals surface area contributed by atoms with Crippen LogP contribution in [0.4, 0.5) is 0 Å². The minimum atomic E-state index is -0.697. The maximum absolute atomic E-state index is 11.9. The summed E-state index contributed by atoms with van der Waals surface area (Å²) in [7, 11) is 0. The van der Waals surface area contributed by atoms with Crippen molar-refractivity contribution in [3.05, 3.63) is 22.4 Å². The van der Waals surface area contributed by atoms with Gasteiger partial charge in [0.1, 0.15) is 12.0 Å². The zero-order valence-electron chi connectivity index (χ0n) is 9.14. The number of hydrogen-bond donors (Lipinski definition) is 1. The van der Waals surface area contributed by atoms with E-state index < -0.39 is 5.41 Å². The molecule has 5 heteroatoms. The van der Waals surface area contributed by atoms with E-state index in [-0.39, 0.29) is 12.0 Å². The number of hydrogen-bond acceptors (Lipinski definition) is 5. The molecule has 16 heavy (non-hydrogen) atoms. The van der Waals surface area contributed by atoms with Crippen molar-refractivity contribution in [1.82, 2.24) is 0 Å². The highest BCUT2D eigenvalue weighted by Crippen LogP contribution is 2.29. The first-order valence-corrected chi connectivity index (χ1v) is 6.04. The summed E-state index contributed by atoms with van der Waals surface area (Å²) in [6.07, 6.45) is 0. The average molecular weight is 241 g/mol. The molecule has 1 saturated heterocycles. The zero-order chi connectivity index (χ0) is 11.6. The molecule has 2 rings (SSSR count). The fraction of sp³-hybridized carbons (Fsp3) is 0.545. The number of esters is 1. The summed E-state index contributed by atoms with van der Waals surface area (Å²) in [6, 6.07) is 3.59. The number of ether oxygens (including phenoxy) is 2. The van der Waals surface area contributed by atoms with Crippen molar-refractivity contribution in [3.63, 3.8) is 0 Å². The molecule has 2 heterocycles. The van der Waals surface area contributed by atoms with Gasteiger partial charge in [0.05, 0.1) is 13.2 Å². The quantitative estimate of drug-likeness (QED) is 0.807. The van der Waals surface area contributed by atoms with Gasteiger partial charge in [-0.1, -0.05) is 6.07 Å². The molecule has 2 atom stereocenters. The Morgan fingerprint density at radius 3 is 3.19 bits per heavy atom. The van der Waals surface area contributed by atoms with Crippen molar-refractivity contribution in [2.45, 2.75) is 19.6 Å². The second-order valence-electron chi connectivity index (χ2n) is 4.19. The number of carbonyl (C=O) groups excluding carboxylic acids is 1. The third-order valence-corrected chi connectivity index (χ3v) is 3.76. The molecule has 0 amide bonds. The van der Waals surface area contributed by atoms with Crippen molar-refractivity contribution in [3.8, 4) is 0 Å². The highest BCUT2D eigenvalue weighted by atomic mass is 32.1. The Bertz CT molecular complexity index is 365. The van der Waals surface area contributed by atoms with Crippen LogP contribution < -0.4 is 5.73 Å². The molecular formula is C11H15NO3S. The van der Waals surface area contributed by atoms with Gasteiger partial charge in [0.25, 0.3) is 0 Å². The molecular weight excluding hydrogens is 226 g/mol. The third kappa shape index (κ3) is 2.11. The Hall–Kier alpha value is -0.910. The Balaban J connectivity index is 1.93. The highest BCUT2D eigenvalue weighted by molar-refractivity contribution is 7.09. The van der Waals surface area contributed by atoms with Crippen molar-refractivity contribution < 1.29 is 14.3 Å². The largest absolute Gasteiger partial charge is 0.459 e. The van der Waals surface area contributed by atoms with Crippen LogP contribution in [0.5, 0.6) is 0 Å². The predicted molar refractivity (Wildman–Crippen MR) is 61.0 cm³/mol. The van der Waals surface area contributed by atoms with E-state index in [1.807, 2.05) is 17.5 Å². The second kappa shape index (κ2) is 4.53. The summed E-state index contributed by atoms with van der Waals surface area (Å²) in [5, 5.41) is 1.95. The smallest absolute Gasteiger partial charge is 0.316 e. The van der Waals surface area contributed by atoms with Crippen LogP contribution >= 0.6 is 11.3 Å². The fourth-order valence-corrected chi connectivity index (χ4v) is 2.21. The van der Waals surface area contributed by atoms with Gasteiger partial charge in [-0.3, -0.25) is 4.79 Å². The van der Waals surface area contributed by atoms with Gasteiger partial charge in [-0.2, -0.15) is 0 Å². The standard InChI is InChI=1S/C11H15NO3S/c1-11(7-14-6-9(11)12)10(13)15-5-8-3-2-4-16-8/h2-4,9H,5-7,12H2,1H3. The molecule has 0 bridgehead atoms. The second-order valence-corrected chi connectivity index (χ2v) is 5.23. The van der Waals surface area contributed by atoms with Crippen LogP contribution in [0, 0.1) is 5.41 Å². The van der Waals surface area contributed by atoms with Crippen molar-refractivity contribution >= 4 is 17.3 Å². The first-order valence-electron chi connectivity index (χ1n) is 5.16. The summed E-state index contributed by atoms with van der Waals surface area (Å²) in [4.78, 5) is 12.9. The number of thiophene rings is 1. The maximum Gasteiger partial charge on any atom is 0.316 e. The molecule has 1 aliphatic rings. The van der Waals surface area contributed by atoms with Crippen LogP contribution in [0.2, 0.25) is 0 Å². The van der Waals surface area contributed by atoms with Crippen LogP contribution in [0.3, 0.4) is 0 Å². The van der Waals surface area contributed by atoms with E-state index in [0.29, 0.717) is 19.8 Å². The SMILES string of the molecule is CC1(C(=O)OCc2cccs2)COCC1N. The molecule has 2 unspecified atom stereocenters. The number of carbonyl (C=O) groups is 1. The first-order chi connectivity index (χ1) is 7.63. The Kier molecular flexibility index (Phi) is 3.28. The van der Waals surface area contributed by atoms with Gasteiger partial charge < -0.3 is 15.2 Å². The molecule has 1 aromatic heterocycles. The van der Waals surface area contributed by atoms with Crippen molar-refractivity contribution in [2.75, 3.05) is 13.2 Å². The normalized spacial score (nSPS) is 29.2. The summed E-state index contributed by atoms with van der Waals surface area (Å²) in [5.41, 5.74) is 5.14. The van der Waals surface area contributed by atoms with E-state index in [1.165, 1.54) is 0 Å². The summed E-state index contributed by atoms with van der Waals surface area (Å²) in [5.74, 6) is -0.272. The Morgan fingerprint density at radius 1 is 1.81 bits per heavy atom. The molecule has 4 nitrogen and oxygen atoms in total. The Morgan fingerprint density at radius 2 is 2.62 bits per heavy atom. The third-order valence-electron chi connectivity index (χ3n) is 2.91. The molecule has 0 radical (unpaired) electrons. The lowest BCUT2D eigenvalue weighted by molar-refractivity contribution is -0.156. The van der Waals surface area contributed by atoms with E-state index >= 15 is 0 Å². The molecule has 1 fully saturated rings. The van der Waals surface area contributed by atoms with E-state index in [1.54, 1.807) is 18.3 Å². The lowest BCUT2D eigenvalue weighted by atomic mass is 9.86. The topological polar surface area (TPSA) is 61.5 Å². The monoisotopic (exact) mass is 241 g/mol. The summed E-state index contributed by atoms with van der Waals surface area (Å²) >= 11 is 1.57. The number of nitrogens with two attached hydrogens (primary N) is 1. The maximum atomic E-state index is 11.9. The molecule has 88 valence electrons. The van der Waals surface area contributed by atoms with Gasteiger partial charge in [0, 0.05) is 10.9 Å². The minimum Gasteiger partial charge on any atom is -0.459 e. The van der Waals surface area contributed by atoms with Gasteiger partial charge in [0.15, 0.2) is 0 Å². The number of rotatable bonds is 3. The van der Waals surface area contributed by atoms with E-state index in [0.717, 1.165) is 4.88 Å². The molecule has 0 aromatic carbocycles. The van der Waals surface area contributed by atoms with Gasteiger partial charge >= 0.3 is 5.97 Å². The molecule has 0 spiro atoms. The zero-order valence-corrected chi connectivity index (χ0v) is 9.96. The lowest BCUT2D eigenvalue weighted by Gasteiger charge is -2.23. The highest BCUT2D eigenvalue weighted by Gasteiger charge is 2.45. The van der Waals surface area contributed by atoms with Crippen LogP contribution in [0.25, 0.3) is 0 Å². The average Bonchev–Trinajstić information content (AvgIpc) is 2.87. The van der Waals surface area contributed by atoms with Crippen LogP contribution in [0.1, 0.15) is 11.8 Å². The predicted octanol–water partition coefficient (Wildman–Crippen LogP) is 1.16. The lowest BCUT2D eigenvalue weighted by Crippen LogP contribution is -2.45. The fourth-order valence-electron chi connectivity index (χ4n) is 1.60. The van der Waals surface area contributed by atoms with Crippen molar-refractivity contribution in [1.29, 1.82) is 0 Å². The summed E-state index contributed by atoms with van der Waals surface area (Å²) < 4.78 is 10.5. The van der Waals surface area contributed by atoms with Crippen LogP contribution in [0.15, 0.2) is 17.5 Å². The first kappa shape index (κ1) is 11.6. The van der Waals surface area contributed by atoms with E-state index in [2.05, 4.69) is 0 Å². The Labute approximate surface area is 98.3 Å². The van der Waals surface area contributed by atoms with Gasteiger partial charge in [-0.05, 0) is 18.4 Å². The van der Waals surface area contributed by atoms with Crippen LogP contribution in [-0.4, -0.2) is 25.2 Å². The van der Waals surface area contributed by atoms with E-state index in [4.69, 9.17) is 15.2 Å². The van der Waals surface area contributed by atoms with Crippen molar-refractivity contribution in [2.24, 2.45) is 11.1 Å².